The van der Waals surface area contributed by atoms with Gasteiger partial charge in [-0.15, -0.1) is 0 Å². The molecule has 1 unspecified atom stereocenters. The summed E-state index contributed by atoms with van der Waals surface area (Å²) in [6.45, 7) is 1.85. The molecule has 0 aromatic heterocycles. The highest BCUT2D eigenvalue weighted by molar-refractivity contribution is 9.10. The highest BCUT2D eigenvalue weighted by Gasteiger charge is 2.16. The molecule has 0 saturated carbocycles. The minimum Gasteiger partial charge on any atom is -0.497 e. The van der Waals surface area contributed by atoms with Crippen molar-refractivity contribution >= 4 is 21.9 Å². The van der Waals surface area contributed by atoms with Gasteiger partial charge in [0.2, 0.25) is 0 Å². The van der Waals surface area contributed by atoms with Crippen LogP contribution in [-0.2, 0) is 16.1 Å². The zero-order chi connectivity index (χ0) is 15.9. The van der Waals surface area contributed by atoms with Crippen molar-refractivity contribution in [2.24, 2.45) is 0 Å². The Bertz CT molecular complexity index is 625. The van der Waals surface area contributed by atoms with Crippen LogP contribution in [0.1, 0.15) is 12.5 Å². The Labute approximate surface area is 138 Å². The Morgan fingerprint density at radius 2 is 1.86 bits per heavy atom. The molecule has 0 N–H and O–H groups in total. The Morgan fingerprint density at radius 1 is 1.14 bits per heavy atom. The van der Waals surface area contributed by atoms with Crippen molar-refractivity contribution < 1.29 is 19.0 Å². The third-order valence-corrected chi connectivity index (χ3v) is 3.50. The number of halogens is 1. The molecule has 0 aliphatic rings. The molecular weight excluding hydrogens is 348 g/mol. The molecule has 2 aromatic rings. The third-order valence-electron chi connectivity index (χ3n) is 2.97. The number of benzene rings is 2. The summed E-state index contributed by atoms with van der Waals surface area (Å²) in [6, 6.07) is 14.7. The van der Waals surface area contributed by atoms with E-state index in [-0.39, 0.29) is 6.61 Å². The first-order valence-electron chi connectivity index (χ1n) is 6.80. The fourth-order valence-electron chi connectivity index (χ4n) is 1.80. The Kier molecular flexibility index (Phi) is 5.83. The van der Waals surface area contributed by atoms with E-state index in [9.17, 15) is 4.79 Å². The van der Waals surface area contributed by atoms with E-state index in [4.69, 9.17) is 14.2 Å². The minimum absolute atomic E-state index is 0.185. The summed E-state index contributed by atoms with van der Waals surface area (Å²) in [5, 5.41) is 0. The van der Waals surface area contributed by atoms with Crippen molar-refractivity contribution in [3.8, 4) is 11.5 Å². The van der Waals surface area contributed by atoms with Crippen LogP contribution in [0.5, 0.6) is 11.5 Å². The fourth-order valence-corrected chi connectivity index (χ4v) is 2.06. The van der Waals surface area contributed by atoms with E-state index in [2.05, 4.69) is 15.9 Å². The van der Waals surface area contributed by atoms with Gasteiger partial charge >= 0.3 is 5.97 Å². The highest BCUT2D eigenvalue weighted by atomic mass is 79.9. The minimum atomic E-state index is -0.674. The van der Waals surface area contributed by atoms with Crippen molar-refractivity contribution in [2.75, 3.05) is 7.11 Å². The molecule has 0 heterocycles. The summed E-state index contributed by atoms with van der Waals surface area (Å²) >= 11 is 3.35. The number of carbonyl (C=O) groups excluding carboxylic acids is 1. The first kappa shape index (κ1) is 16.4. The SMILES string of the molecule is COc1cccc(COC(=O)C(C)Oc2ccc(Br)cc2)c1. The Hall–Kier alpha value is -2.01. The van der Waals surface area contributed by atoms with Crippen LogP contribution in [-0.4, -0.2) is 19.2 Å². The van der Waals surface area contributed by atoms with E-state index < -0.39 is 12.1 Å². The lowest BCUT2D eigenvalue weighted by molar-refractivity contribution is -0.152. The largest absolute Gasteiger partial charge is 0.497 e. The van der Waals surface area contributed by atoms with Gasteiger partial charge < -0.3 is 14.2 Å². The molecule has 2 rings (SSSR count). The van der Waals surface area contributed by atoms with Gasteiger partial charge in [0.15, 0.2) is 6.10 Å². The maximum absolute atomic E-state index is 12.0. The van der Waals surface area contributed by atoms with Crippen LogP contribution < -0.4 is 9.47 Å². The van der Waals surface area contributed by atoms with Gasteiger partial charge in [0.25, 0.3) is 0 Å². The quantitative estimate of drug-likeness (QED) is 0.727. The summed E-state index contributed by atoms with van der Waals surface area (Å²) in [7, 11) is 1.60. The molecule has 22 heavy (non-hydrogen) atoms. The molecule has 0 bridgehead atoms. The van der Waals surface area contributed by atoms with Crippen molar-refractivity contribution in [3.63, 3.8) is 0 Å². The van der Waals surface area contributed by atoms with Crippen molar-refractivity contribution in [2.45, 2.75) is 19.6 Å². The Morgan fingerprint density at radius 3 is 2.55 bits per heavy atom. The molecule has 0 fully saturated rings. The van der Waals surface area contributed by atoms with Crippen LogP contribution >= 0.6 is 15.9 Å². The van der Waals surface area contributed by atoms with Crippen molar-refractivity contribution in [1.29, 1.82) is 0 Å². The van der Waals surface area contributed by atoms with Gasteiger partial charge in [0.05, 0.1) is 7.11 Å². The topological polar surface area (TPSA) is 44.8 Å². The number of ether oxygens (including phenoxy) is 3. The molecule has 0 spiro atoms. The summed E-state index contributed by atoms with van der Waals surface area (Å²) in [5.41, 5.74) is 0.864. The molecule has 4 nitrogen and oxygen atoms in total. The van der Waals surface area contributed by atoms with Gasteiger partial charge in [-0.1, -0.05) is 28.1 Å². The Balaban J connectivity index is 1.86. The number of carbonyl (C=O) groups is 1. The van der Waals surface area contributed by atoms with E-state index >= 15 is 0 Å². The molecule has 5 heteroatoms. The first-order valence-corrected chi connectivity index (χ1v) is 7.59. The summed E-state index contributed by atoms with van der Waals surface area (Å²) < 4.78 is 16.9. The molecular formula is C17H17BrO4. The van der Waals surface area contributed by atoms with Crippen LogP contribution in [0.3, 0.4) is 0 Å². The van der Waals surface area contributed by atoms with Crippen LogP contribution in [0.25, 0.3) is 0 Å². The predicted octanol–water partition coefficient (Wildman–Crippen LogP) is 3.97. The summed E-state index contributed by atoms with van der Waals surface area (Å²) in [4.78, 5) is 12.0. The third kappa shape index (κ3) is 4.77. The maximum atomic E-state index is 12.0. The van der Waals surface area contributed by atoms with Gasteiger partial charge in [0, 0.05) is 4.47 Å². The molecule has 1 atom stereocenters. The molecule has 0 aliphatic heterocycles. The maximum Gasteiger partial charge on any atom is 0.347 e. The molecule has 0 radical (unpaired) electrons. The van der Waals surface area contributed by atoms with E-state index in [1.165, 1.54) is 0 Å². The van der Waals surface area contributed by atoms with Crippen LogP contribution in [0.2, 0.25) is 0 Å². The zero-order valence-corrected chi connectivity index (χ0v) is 14.0. The second kappa shape index (κ2) is 7.84. The van der Waals surface area contributed by atoms with Crippen LogP contribution in [0, 0.1) is 0 Å². The van der Waals surface area contributed by atoms with E-state index in [0.29, 0.717) is 5.75 Å². The number of methoxy groups -OCH3 is 1. The summed E-state index contributed by atoms with van der Waals surface area (Å²) in [6.07, 6.45) is -0.674. The number of hydrogen-bond acceptors (Lipinski definition) is 4. The molecule has 2 aromatic carbocycles. The van der Waals surface area contributed by atoms with Crippen LogP contribution in [0.15, 0.2) is 53.0 Å². The lowest BCUT2D eigenvalue weighted by Gasteiger charge is -2.14. The normalized spacial score (nSPS) is 11.6. The summed E-state index contributed by atoms with van der Waals surface area (Å²) in [5.74, 6) is 0.937. The zero-order valence-electron chi connectivity index (χ0n) is 12.4. The van der Waals surface area contributed by atoms with Gasteiger partial charge in [-0.2, -0.15) is 0 Å². The second-order valence-electron chi connectivity index (χ2n) is 4.67. The smallest absolute Gasteiger partial charge is 0.347 e. The molecule has 0 aliphatic carbocycles. The lowest BCUT2D eigenvalue weighted by Crippen LogP contribution is -2.26. The van der Waals surface area contributed by atoms with Gasteiger partial charge in [-0.05, 0) is 48.9 Å². The lowest BCUT2D eigenvalue weighted by atomic mass is 10.2. The fraction of sp³-hybridized carbons (Fsp3) is 0.235. The van der Waals surface area contributed by atoms with Crippen molar-refractivity contribution in [1.82, 2.24) is 0 Å². The average molecular weight is 365 g/mol. The van der Waals surface area contributed by atoms with Crippen LogP contribution in [0.4, 0.5) is 0 Å². The highest BCUT2D eigenvalue weighted by Crippen LogP contribution is 2.18. The second-order valence-corrected chi connectivity index (χ2v) is 5.59. The molecule has 116 valence electrons. The van der Waals surface area contributed by atoms with Gasteiger partial charge in [-0.3, -0.25) is 0 Å². The molecule has 0 amide bonds. The number of rotatable bonds is 6. The van der Waals surface area contributed by atoms with E-state index in [1.807, 2.05) is 36.4 Å². The number of esters is 1. The van der Waals surface area contributed by atoms with Gasteiger partial charge in [0.1, 0.15) is 18.1 Å². The molecule has 0 saturated heterocycles. The average Bonchev–Trinajstić information content (AvgIpc) is 2.54. The monoisotopic (exact) mass is 364 g/mol. The predicted molar refractivity (Wildman–Crippen MR) is 87.0 cm³/mol. The number of hydrogen-bond donors (Lipinski definition) is 0. The van der Waals surface area contributed by atoms with E-state index in [1.54, 1.807) is 26.2 Å². The standard InChI is InChI=1S/C17H17BrO4/c1-12(22-15-8-6-14(18)7-9-15)17(19)21-11-13-4-3-5-16(10-13)20-2/h3-10,12H,11H2,1-2H3. The van der Waals surface area contributed by atoms with E-state index in [0.717, 1.165) is 15.8 Å². The first-order chi connectivity index (χ1) is 10.6. The van der Waals surface area contributed by atoms with Gasteiger partial charge in [-0.25, -0.2) is 4.79 Å². The van der Waals surface area contributed by atoms with Crippen molar-refractivity contribution in [3.05, 3.63) is 58.6 Å².